The molecule has 1 amide bonds. The van der Waals surface area contributed by atoms with Gasteiger partial charge in [0, 0.05) is 35.1 Å². The summed E-state index contributed by atoms with van der Waals surface area (Å²) in [6, 6.07) is 11.2. The number of nitrogens with one attached hydrogen (secondary N) is 1. The summed E-state index contributed by atoms with van der Waals surface area (Å²) in [5, 5.41) is 5.41. The van der Waals surface area contributed by atoms with Crippen molar-refractivity contribution in [2.75, 3.05) is 12.3 Å². The molecule has 0 aliphatic carbocycles. The second-order valence-corrected chi connectivity index (χ2v) is 7.11. The molecule has 1 aromatic carbocycles. The average molecular weight is 354 g/mol. The van der Waals surface area contributed by atoms with Crippen LogP contribution >= 0.6 is 34.7 Å². The summed E-state index contributed by atoms with van der Waals surface area (Å²) in [6.45, 7) is 0.583. The van der Waals surface area contributed by atoms with Crippen LogP contribution in [0.5, 0.6) is 0 Å². The minimum Gasteiger partial charge on any atom is -0.355 e. The molecule has 0 fully saturated rings. The van der Waals surface area contributed by atoms with Crippen molar-refractivity contribution in [2.24, 2.45) is 0 Å². The largest absolute Gasteiger partial charge is 0.355 e. The fourth-order valence-electron chi connectivity index (χ4n) is 1.77. The zero-order valence-electron chi connectivity index (χ0n) is 11.9. The van der Waals surface area contributed by atoms with Crippen molar-refractivity contribution in [2.45, 2.75) is 17.7 Å². The molecular weight excluding hydrogens is 338 g/mol. The first kappa shape index (κ1) is 17.1. The van der Waals surface area contributed by atoms with E-state index in [1.54, 1.807) is 17.8 Å². The molecule has 2 rings (SSSR count). The van der Waals surface area contributed by atoms with E-state index in [1.165, 1.54) is 11.3 Å². The molecule has 22 heavy (non-hydrogen) atoms. The van der Waals surface area contributed by atoms with Crippen molar-refractivity contribution in [3.63, 3.8) is 0 Å². The Hall–Kier alpha value is -1.30. The Balaban J connectivity index is 1.59. The minimum atomic E-state index is -0.0818. The van der Waals surface area contributed by atoms with Crippen LogP contribution < -0.4 is 5.32 Å². The molecule has 0 spiro atoms. The summed E-state index contributed by atoms with van der Waals surface area (Å²) in [4.78, 5) is 25.3. The van der Waals surface area contributed by atoms with Crippen LogP contribution in [-0.2, 0) is 4.79 Å². The first-order chi connectivity index (χ1) is 10.6. The lowest BCUT2D eigenvalue weighted by molar-refractivity contribution is -0.120. The van der Waals surface area contributed by atoms with Crippen LogP contribution in [0.25, 0.3) is 0 Å². The molecule has 116 valence electrons. The molecule has 0 bridgehead atoms. The van der Waals surface area contributed by atoms with E-state index in [9.17, 15) is 9.59 Å². The number of thioether (sulfide) groups is 1. The van der Waals surface area contributed by atoms with Gasteiger partial charge in [-0.15, -0.1) is 23.1 Å². The maximum absolute atomic E-state index is 11.8. The second kappa shape index (κ2) is 8.98. The summed E-state index contributed by atoms with van der Waals surface area (Å²) in [6.07, 6.45) is 0.499. The minimum absolute atomic E-state index is 0.0284. The second-order valence-electron chi connectivity index (χ2n) is 4.55. The number of thiophene rings is 1. The Morgan fingerprint density at radius 2 is 1.91 bits per heavy atom. The molecule has 0 radical (unpaired) electrons. The van der Waals surface area contributed by atoms with Gasteiger partial charge in [0.15, 0.2) is 5.78 Å². The van der Waals surface area contributed by atoms with E-state index in [-0.39, 0.29) is 24.5 Å². The van der Waals surface area contributed by atoms with Gasteiger partial charge >= 0.3 is 0 Å². The molecule has 1 heterocycles. The third-order valence-electron chi connectivity index (χ3n) is 2.88. The highest BCUT2D eigenvalue weighted by Gasteiger charge is 2.09. The molecule has 0 aliphatic heterocycles. The van der Waals surface area contributed by atoms with Crippen LogP contribution in [0.3, 0.4) is 0 Å². The van der Waals surface area contributed by atoms with Gasteiger partial charge in [-0.3, -0.25) is 9.59 Å². The number of amides is 1. The van der Waals surface area contributed by atoms with Crippen LogP contribution in [0.4, 0.5) is 0 Å². The zero-order chi connectivity index (χ0) is 15.8. The smallest absolute Gasteiger partial charge is 0.220 e. The summed E-state index contributed by atoms with van der Waals surface area (Å²) in [7, 11) is 0. The molecule has 3 nitrogen and oxygen atoms in total. The quantitative estimate of drug-likeness (QED) is 0.438. The van der Waals surface area contributed by atoms with Crippen LogP contribution in [0.1, 0.15) is 22.5 Å². The highest BCUT2D eigenvalue weighted by molar-refractivity contribution is 7.99. The van der Waals surface area contributed by atoms with E-state index in [2.05, 4.69) is 5.32 Å². The van der Waals surface area contributed by atoms with E-state index in [4.69, 9.17) is 11.6 Å². The SMILES string of the molecule is O=C(CCC(=O)c1cccs1)NCCSc1ccc(Cl)cc1. The zero-order valence-corrected chi connectivity index (χ0v) is 14.3. The van der Waals surface area contributed by atoms with Crippen LogP contribution in [0.2, 0.25) is 5.02 Å². The topological polar surface area (TPSA) is 46.2 Å². The van der Waals surface area contributed by atoms with Crippen LogP contribution in [-0.4, -0.2) is 24.0 Å². The first-order valence-corrected chi connectivity index (χ1v) is 9.11. The Morgan fingerprint density at radius 1 is 1.14 bits per heavy atom. The highest BCUT2D eigenvalue weighted by Crippen LogP contribution is 2.19. The number of carbonyl (C=O) groups excluding carboxylic acids is 2. The van der Waals surface area contributed by atoms with Gasteiger partial charge in [0.2, 0.25) is 5.91 Å². The molecule has 1 aromatic heterocycles. The first-order valence-electron chi connectivity index (χ1n) is 6.87. The fraction of sp³-hybridized carbons (Fsp3) is 0.250. The lowest BCUT2D eigenvalue weighted by atomic mass is 10.2. The lowest BCUT2D eigenvalue weighted by Gasteiger charge is -2.05. The number of halogens is 1. The Bertz CT molecular complexity index is 612. The molecule has 6 heteroatoms. The standard InChI is InChI=1S/C16H16ClNO2S2/c17-12-3-5-13(6-4-12)21-11-9-18-16(20)8-7-14(19)15-2-1-10-22-15/h1-6,10H,7-9,11H2,(H,18,20). The van der Waals surface area contributed by atoms with Gasteiger partial charge in [0.1, 0.15) is 0 Å². The van der Waals surface area contributed by atoms with Gasteiger partial charge in [-0.25, -0.2) is 0 Å². The van der Waals surface area contributed by atoms with Crippen molar-refractivity contribution in [3.8, 4) is 0 Å². The van der Waals surface area contributed by atoms with Gasteiger partial charge in [-0.1, -0.05) is 17.7 Å². The summed E-state index contributed by atoms with van der Waals surface area (Å²) >= 11 is 8.88. The number of carbonyl (C=O) groups is 2. The molecular formula is C16H16ClNO2S2. The van der Waals surface area contributed by atoms with E-state index >= 15 is 0 Å². The van der Waals surface area contributed by atoms with E-state index in [1.807, 2.05) is 35.7 Å². The number of benzene rings is 1. The average Bonchev–Trinajstić information content (AvgIpc) is 3.05. The van der Waals surface area contributed by atoms with E-state index in [0.29, 0.717) is 16.4 Å². The van der Waals surface area contributed by atoms with Gasteiger partial charge < -0.3 is 5.32 Å². The third kappa shape index (κ3) is 5.83. The van der Waals surface area contributed by atoms with Crippen molar-refractivity contribution >= 4 is 46.4 Å². The van der Waals surface area contributed by atoms with Crippen LogP contribution in [0.15, 0.2) is 46.7 Å². The number of hydrogen-bond acceptors (Lipinski definition) is 4. The molecule has 0 aliphatic rings. The summed E-state index contributed by atoms with van der Waals surface area (Å²) in [5.41, 5.74) is 0. The maximum Gasteiger partial charge on any atom is 0.220 e. The lowest BCUT2D eigenvalue weighted by Crippen LogP contribution is -2.26. The molecule has 0 unspecified atom stereocenters. The number of Topliss-reactive ketones (excluding diaryl/α,β-unsaturated/α-hetero) is 1. The maximum atomic E-state index is 11.8. The Kier molecular flexibility index (Phi) is 6.96. The van der Waals surface area contributed by atoms with Gasteiger partial charge in [-0.05, 0) is 35.7 Å². The summed E-state index contributed by atoms with van der Waals surface area (Å²) < 4.78 is 0. The predicted molar refractivity (Wildman–Crippen MR) is 93.1 cm³/mol. The van der Waals surface area contributed by atoms with Crippen LogP contribution in [0, 0.1) is 0 Å². The van der Waals surface area contributed by atoms with Gasteiger partial charge in [-0.2, -0.15) is 0 Å². The van der Waals surface area contributed by atoms with E-state index < -0.39 is 0 Å². The fourth-order valence-corrected chi connectivity index (χ4v) is 3.35. The number of hydrogen-bond donors (Lipinski definition) is 1. The molecule has 1 N–H and O–H groups in total. The van der Waals surface area contributed by atoms with Crippen molar-refractivity contribution in [3.05, 3.63) is 51.7 Å². The number of ketones is 1. The predicted octanol–water partition coefficient (Wildman–Crippen LogP) is 4.27. The van der Waals surface area contributed by atoms with E-state index in [0.717, 1.165) is 10.6 Å². The van der Waals surface area contributed by atoms with Crippen molar-refractivity contribution in [1.29, 1.82) is 0 Å². The molecule has 0 saturated carbocycles. The van der Waals surface area contributed by atoms with Gasteiger partial charge in [0.05, 0.1) is 4.88 Å². The normalized spacial score (nSPS) is 10.4. The third-order valence-corrected chi connectivity index (χ3v) is 5.06. The number of rotatable bonds is 8. The Labute approximate surface area is 143 Å². The highest BCUT2D eigenvalue weighted by atomic mass is 35.5. The Morgan fingerprint density at radius 3 is 2.59 bits per heavy atom. The molecule has 2 aromatic rings. The molecule has 0 atom stereocenters. The summed E-state index contributed by atoms with van der Waals surface area (Å²) in [5.74, 6) is 0.731. The van der Waals surface area contributed by atoms with Crippen molar-refractivity contribution < 1.29 is 9.59 Å². The van der Waals surface area contributed by atoms with Gasteiger partial charge in [0.25, 0.3) is 0 Å². The van der Waals surface area contributed by atoms with Crippen molar-refractivity contribution in [1.82, 2.24) is 5.32 Å². The monoisotopic (exact) mass is 353 g/mol. The molecule has 0 saturated heterocycles.